The second kappa shape index (κ2) is 4.31. The lowest BCUT2D eigenvalue weighted by Gasteiger charge is -2.00. The Morgan fingerprint density at radius 3 is 2.56 bits per heavy atom. The van der Waals surface area contributed by atoms with Crippen molar-refractivity contribution in [2.75, 3.05) is 0 Å². The number of nitrogens with two attached hydrogens (primary N) is 1. The molecular formula is C6H5ClN2O6S+. The highest BCUT2D eigenvalue weighted by atomic mass is 35.5. The summed E-state index contributed by atoms with van der Waals surface area (Å²) in [6.07, 6.45) is 0. The Morgan fingerprint density at radius 2 is 2.12 bits per heavy atom. The van der Waals surface area contributed by atoms with Crippen molar-refractivity contribution in [2.24, 2.45) is 5.90 Å². The zero-order valence-electron chi connectivity index (χ0n) is 7.45. The molecule has 0 saturated carbocycles. The van der Waals surface area contributed by atoms with E-state index in [1.165, 1.54) is 0 Å². The van der Waals surface area contributed by atoms with Crippen LogP contribution in [0.1, 0.15) is 0 Å². The minimum Gasteiger partial charge on any atom is -0.501 e. The quantitative estimate of drug-likeness (QED) is 0.476. The molecule has 1 atom stereocenters. The second-order valence-corrected chi connectivity index (χ2v) is 4.56. The first kappa shape index (κ1) is 12.8. The van der Waals surface area contributed by atoms with E-state index in [1.54, 1.807) is 0 Å². The molecular weight excluding hydrogens is 264 g/mol. The number of aromatic hydroxyl groups is 1. The molecule has 1 rings (SSSR count). The van der Waals surface area contributed by atoms with Crippen molar-refractivity contribution in [3.05, 3.63) is 27.3 Å². The Kier molecular flexibility index (Phi) is 3.45. The van der Waals surface area contributed by atoms with Crippen LogP contribution in [0, 0.1) is 10.1 Å². The summed E-state index contributed by atoms with van der Waals surface area (Å²) in [5.41, 5.74) is -0.858. The number of benzene rings is 1. The van der Waals surface area contributed by atoms with Gasteiger partial charge in [-0.25, -0.2) is 0 Å². The van der Waals surface area contributed by atoms with Gasteiger partial charge in [-0.3, -0.25) is 10.1 Å². The van der Waals surface area contributed by atoms with Crippen LogP contribution >= 0.6 is 11.6 Å². The molecule has 1 aromatic carbocycles. The fourth-order valence-electron chi connectivity index (χ4n) is 0.899. The summed E-state index contributed by atoms with van der Waals surface area (Å²) in [5.74, 6) is 3.66. The van der Waals surface area contributed by atoms with Crippen molar-refractivity contribution in [1.29, 1.82) is 0 Å². The summed E-state index contributed by atoms with van der Waals surface area (Å²) in [6.45, 7) is 0. The number of phenols is 1. The van der Waals surface area contributed by atoms with E-state index in [0.717, 1.165) is 6.07 Å². The number of nitrogens with zero attached hydrogens (tertiary/aromatic N) is 1. The molecule has 0 spiro atoms. The molecule has 1 aromatic rings. The van der Waals surface area contributed by atoms with E-state index >= 15 is 0 Å². The summed E-state index contributed by atoms with van der Waals surface area (Å²) in [6, 6.07) is 1.37. The zero-order valence-corrected chi connectivity index (χ0v) is 9.03. The van der Waals surface area contributed by atoms with Gasteiger partial charge in [0.05, 0.1) is 20.6 Å². The second-order valence-electron chi connectivity index (χ2n) is 2.58. The number of phenolic OH excluding ortho intramolecular Hbond substituents is 1. The van der Waals surface area contributed by atoms with Crippen molar-refractivity contribution in [2.45, 2.75) is 4.90 Å². The van der Waals surface area contributed by atoms with E-state index in [1.807, 2.05) is 0 Å². The van der Waals surface area contributed by atoms with Crippen LogP contribution in [0.15, 0.2) is 17.0 Å². The van der Waals surface area contributed by atoms with E-state index < -0.39 is 36.8 Å². The predicted octanol–water partition coefficient (Wildman–Crippen LogP) is 0.963. The SMILES string of the molecule is NO[S+]([O])(=O)c1cc(Cl)c(O)c([N+](=O)[O-])c1. The first-order valence-electron chi connectivity index (χ1n) is 3.60. The maximum Gasteiger partial charge on any atom is 0.447 e. The number of nitro benzene ring substituents is 1. The highest BCUT2D eigenvalue weighted by Gasteiger charge is 2.38. The molecule has 0 aliphatic carbocycles. The van der Waals surface area contributed by atoms with E-state index in [-0.39, 0.29) is 0 Å². The van der Waals surface area contributed by atoms with E-state index in [4.69, 9.17) is 11.6 Å². The molecule has 0 aromatic heterocycles. The molecule has 1 radical (unpaired) electrons. The van der Waals surface area contributed by atoms with Crippen LogP contribution in [0.5, 0.6) is 5.75 Å². The van der Waals surface area contributed by atoms with Gasteiger partial charge in [-0.15, -0.1) is 0 Å². The number of halogens is 1. The highest BCUT2D eigenvalue weighted by molar-refractivity contribution is 7.93. The summed E-state index contributed by atoms with van der Waals surface area (Å²) in [4.78, 5) is 8.85. The molecule has 0 fully saturated rings. The molecule has 3 N–H and O–H groups in total. The molecule has 0 aliphatic heterocycles. The molecule has 16 heavy (non-hydrogen) atoms. The van der Waals surface area contributed by atoms with Crippen LogP contribution in [0.3, 0.4) is 0 Å². The topological polar surface area (TPSA) is 136 Å². The lowest BCUT2D eigenvalue weighted by Crippen LogP contribution is -2.17. The first-order valence-corrected chi connectivity index (χ1v) is 5.38. The van der Waals surface area contributed by atoms with E-state index in [2.05, 4.69) is 10.2 Å². The number of nitro groups is 1. The van der Waals surface area contributed by atoms with Crippen molar-refractivity contribution in [3.8, 4) is 5.75 Å². The smallest absolute Gasteiger partial charge is 0.447 e. The van der Waals surface area contributed by atoms with Gasteiger partial charge >= 0.3 is 16.2 Å². The first-order chi connectivity index (χ1) is 7.29. The van der Waals surface area contributed by atoms with Gasteiger partial charge in [0, 0.05) is 6.07 Å². The number of rotatable bonds is 3. The van der Waals surface area contributed by atoms with Crippen LogP contribution in [0.25, 0.3) is 0 Å². The maximum atomic E-state index is 11.1. The molecule has 10 heteroatoms. The highest BCUT2D eigenvalue weighted by Crippen LogP contribution is 2.37. The molecule has 0 bridgehead atoms. The fourth-order valence-corrected chi connectivity index (χ4v) is 1.81. The summed E-state index contributed by atoms with van der Waals surface area (Å²) in [5, 5.41) is 19.2. The van der Waals surface area contributed by atoms with Gasteiger partial charge in [0.1, 0.15) is 0 Å². The summed E-state index contributed by atoms with van der Waals surface area (Å²) < 4.78 is 25.9. The van der Waals surface area contributed by atoms with Gasteiger partial charge in [-0.1, -0.05) is 11.6 Å². The minimum absolute atomic E-state index is 0.496. The third-order valence-corrected chi connectivity index (χ3v) is 2.98. The third-order valence-electron chi connectivity index (χ3n) is 1.63. The van der Waals surface area contributed by atoms with Gasteiger partial charge in [0.2, 0.25) is 10.6 Å². The largest absolute Gasteiger partial charge is 0.501 e. The maximum absolute atomic E-state index is 11.1. The van der Waals surface area contributed by atoms with Crippen LogP contribution in [0.4, 0.5) is 5.69 Å². The van der Waals surface area contributed by atoms with Gasteiger partial charge in [0.25, 0.3) is 0 Å². The van der Waals surface area contributed by atoms with Crippen LogP contribution in [0.2, 0.25) is 5.02 Å². The average molecular weight is 269 g/mol. The normalized spacial score (nSPS) is 14.4. The van der Waals surface area contributed by atoms with Crippen molar-refractivity contribution >= 4 is 27.8 Å². The average Bonchev–Trinajstić information content (AvgIpc) is 2.21. The molecule has 1 unspecified atom stereocenters. The van der Waals surface area contributed by atoms with Crippen LogP contribution < -0.4 is 5.90 Å². The monoisotopic (exact) mass is 268 g/mol. The van der Waals surface area contributed by atoms with Gasteiger partial charge in [-0.05, 0) is 8.49 Å². The van der Waals surface area contributed by atoms with Crippen LogP contribution in [-0.2, 0) is 23.5 Å². The number of hydrogen-bond donors (Lipinski definition) is 2. The fraction of sp³-hybridized carbons (Fsp3) is 0. The molecule has 0 saturated heterocycles. The Hall–Kier alpha value is -1.26. The van der Waals surface area contributed by atoms with Crippen molar-refractivity contribution in [1.82, 2.24) is 0 Å². The predicted molar refractivity (Wildman–Crippen MR) is 52.0 cm³/mol. The lowest BCUT2D eigenvalue weighted by atomic mass is 10.3. The van der Waals surface area contributed by atoms with Gasteiger partial charge in [-0.2, -0.15) is 5.90 Å². The molecule has 8 nitrogen and oxygen atoms in total. The van der Waals surface area contributed by atoms with Crippen molar-refractivity contribution < 1.29 is 23.1 Å². The van der Waals surface area contributed by atoms with E-state index in [0.29, 0.717) is 6.07 Å². The van der Waals surface area contributed by atoms with Crippen molar-refractivity contribution in [3.63, 3.8) is 0 Å². The minimum atomic E-state index is -4.32. The summed E-state index contributed by atoms with van der Waals surface area (Å²) in [7, 11) is -4.32. The van der Waals surface area contributed by atoms with E-state index in [9.17, 15) is 24.0 Å². The molecule has 87 valence electrons. The zero-order chi connectivity index (χ0) is 12.5. The Balaban J connectivity index is 3.47. The lowest BCUT2D eigenvalue weighted by molar-refractivity contribution is -0.386. The molecule has 0 amide bonds. The van der Waals surface area contributed by atoms with Gasteiger partial charge in [0.15, 0.2) is 0 Å². The number of hydrogen-bond acceptors (Lipinski definition) is 6. The summed E-state index contributed by atoms with van der Waals surface area (Å²) >= 11 is 5.41. The van der Waals surface area contributed by atoms with Crippen LogP contribution in [-0.4, -0.2) is 10.0 Å². The third kappa shape index (κ3) is 2.28. The van der Waals surface area contributed by atoms with Gasteiger partial charge < -0.3 is 5.11 Å². The Morgan fingerprint density at radius 1 is 1.56 bits per heavy atom. The Bertz CT molecular complexity index is 492. The Labute approximate surface area is 95.1 Å². The molecule has 0 aliphatic rings. The standard InChI is InChI=1S/C6H5ClN2O6S/c7-4-1-3(16(13,14)15-8)2-5(6(4)10)9(11)12/h1-2,10H,8H2/q+1. The molecule has 0 heterocycles.